The molecule has 0 fully saturated rings. The van der Waals surface area contributed by atoms with Crippen molar-refractivity contribution in [3.05, 3.63) is 47.6 Å². The number of fused-ring (bicyclic) bond motifs is 1. The number of benzene rings is 1. The maximum absolute atomic E-state index is 11.9. The molecule has 1 aliphatic rings. The SMILES string of the molecule is C=C/C=C\c1cc2c(cc1C)S(=O)C(C=O)C2=O. The molecule has 2 unspecified atom stereocenters. The Labute approximate surface area is 108 Å². The van der Waals surface area contributed by atoms with Crippen LogP contribution in [-0.4, -0.2) is 21.5 Å². The molecule has 0 saturated heterocycles. The maximum atomic E-state index is 11.9. The van der Waals surface area contributed by atoms with Crippen LogP contribution >= 0.6 is 0 Å². The summed E-state index contributed by atoms with van der Waals surface area (Å²) < 4.78 is 11.9. The van der Waals surface area contributed by atoms with Crippen molar-refractivity contribution in [3.63, 3.8) is 0 Å². The number of carbonyl (C=O) groups excluding carboxylic acids is 2. The Balaban J connectivity index is 2.59. The van der Waals surface area contributed by atoms with E-state index in [2.05, 4.69) is 6.58 Å². The maximum Gasteiger partial charge on any atom is 0.187 e. The van der Waals surface area contributed by atoms with Crippen molar-refractivity contribution in [2.75, 3.05) is 0 Å². The Hall–Kier alpha value is -1.81. The predicted octanol–water partition coefficient (Wildman–Crippen LogP) is 2.07. The Kier molecular flexibility index (Phi) is 3.39. The molecule has 0 spiro atoms. The smallest absolute Gasteiger partial charge is 0.187 e. The van der Waals surface area contributed by atoms with E-state index >= 15 is 0 Å². The molecular formula is C14H12O3S. The van der Waals surface area contributed by atoms with Crippen LogP contribution in [0.15, 0.2) is 35.8 Å². The fourth-order valence-corrected chi connectivity index (χ4v) is 3.27. The zero-order chi connectivity index (χ0) is 13.3. The third-order valence-electron chi connectivity index (χ3n) is 2.87. The van der Waals surface area contributed by atoms with Gasteiger partial charge < -0.3 is 4.79 Å². The number of aryl methyl sites for hydroxylation is 1. The summed E-state index contributed by atoms with van der Waals surface area (Å²) in [5.41, 5.74) is 2.17. The van der Waals surface area contributed by atoms with E-state index in [1.165, 1.54) is 0 Å². The van der Waals surface area contributed by atoms with Gasteiger partial charge in [0, 0.05) is 5.56 Å². The van der Waals surface area contributed by atoms with E-state index in [1.807, 2.05) is 13.0 Å². The number of hydrogen-bond acceptors (Lipinski definition) is 3. The van der Waals surface area contributed by atoms with Crippen molar-refractivity contribution in [1.29, 1.82) is 0 Å². The van der Waals surface area contributed by atoms with Gasteiger partial charge in [-0.2, -0.15) is 0 Å². The lowest BCUT2D eigenvalue weighted by molar-refractivity contribution is -0.106. The minimum Gasteiger partial charge on any atom is -0.302 e. The first-order valence-electron chi connectivity index (χ1n) is 5.44. The van der Waals surface area contributed by atoms with Gasteiger partial charge in [-0.3, -0.25) is 9.00 Å². The van der Waals surface area contributed by atoms with E-state index in [0.29, 0.717) is 16.7 Å². The Morgan fingerprint density at radius 1 is 1.39 bits per heavy atom. The summed E-state index contributed by atoms with van der Waals surface area (Å²) in [5.74, 6) is -0.355. The van der Waals surface area contributed by atoms with E-state index < -0.39 is 16.0 Å². The second kappa shape index (κ2) is 4.82. The van der Waals surface area contributed by atoms with Gasteiger partial charge in [0.25, 0.3) is 0 Å². The van der Waals surface area contributed by atoms with Gasteiger partial charge in [-0.25, -0.2) is 0 Å². The molecule has 0 saturated carbocycles. The molecule has 1 aromatic carbocycles. The Morgan fingerprint density at radius 2 is 2.11 bits per heavy atom. The lowest BCUT2D eigenvalue weighted by Gasteiger charge is -2.03. The number of aldehydes is 1. The lowest BCUT2D eigenvalue weighted by atomic mass is 10.0. The van der Waals surface area contributed by atoms with Crippen LogP contribution in [0, 0.1) is 6.92 Å². The normalized spacial score (nSPS) is 22.2. The molecule has 0 bridgehead atoms. The molecule has 0 aromatic heterocycles. The number of rotatable bonds is 3. The predicted molar refractivity (Wildman–Crippen MR) is 71.0 cm³/mol. The van der Waals surface area contributed by atoms with E-state index in [9.17, 15) is 13.8 Å². The molecular weight excluding hydrogens is 248 g/mol. The number of hydrogen-bond donors (Lipinski definition) is 0. The van der Waals surface area contributed by atoms with Crippen LogP contribution in [0.4, 0.5) is 0 Å². The molecule has 0 N–H and O–H groups in total. The summed E-state index contributed by atoms with van der Waals surface area (Å²) >= 11 is 0. The van der Waals surface area contributed by atoms with Crippen molar-refractivity contribution < 1.29 is 13.8 Å². The van der Waals surface area contributed by atoms with Crippen molar-refractivity contribution >= 4 is 28.9 Å². The monoisotopic (exact) mass is 260 g/mol. The van der Waals surface area contributed by atoms with Gasteiger partial charge in [0.1, 0.15) is 6.29 Å². The van der Waals surface area contributed by atoms with Gasteiger partial charge in [-0.05, 0) is 30.2 Å². The summed E-state index contributed by atoms with van der Waals surface area (Å²) in [7, 11) is -1.55. The van der Waals surface area contributed by atoms with Crippen LogP contribution in [-0.2, 0) is 15.6 Å². The van der Waals surface area contributed by atoms with E-state index in [-0.39, 0.29) is 5.78 Å². The Morgan fingerprint density at radius 3 is 2.72 bits per heavy atom. The van der Waals surface area contributed by atoms with Crippen molar-refractivity contribution in [1.82, 2.24) is 0 Å². The zero-order valence-corrected chi connectivity index (χ0v) is 10.7. The molecule has 3 nitrogen and oxygen atoms in total. The minimum atomic E-state index is -1.55. The summed E-state index contributed by atoms with van der Waals surface area (Å²) in [6, 6.07) is 3.41. The highest BCUT2D eigenvalue weighted by atomic mass is 32.2. The average Bonchev–Trinajstić information content (AvgIpc) is 2.58. The second-order valence-corrected chi connectivity index (χ2v) is 5.56. The first-order valence-corrected chi connectivity index (χ1v) is 6.65. The number of allylic oxidation sites excluding steroid dienone is 2. The van der Waals surface area contributed by atoms with Crippen LogP contribution in [0.1, 0.15) is 21.5 Å². The van der Waals surface area contributed by atoms with Crippen LogP contribution in [0.2, 0.25) is 0 Å². The van der Waals surface area contributed by atoms with E-state index in [0.717, 1.165) is 11.1 Å². The fraction of sp³-hybridized carbons (Fsp3) is 0.143. The quantitative estimate of drug-likeness (QED) is 0.475. The van der Waals surface area contributed by atoms with Gasteiger partial charge in [-0.15, -0.1) is 0 Å². The van der Waals surface area contributed by atoms with E-state index in [1.54, 1.807) is 24.3 Å². The van der Waals surface area contributed by atoms with Crippen molar-refractivity contribution in [2.45, 2.75) is 17.1 Å². The topological polar surface area (TPSA) is 51.2 Å². The largest absolute Gasteiger partial charge is 0.302 e. The summed E-state index contributed by atoms with van der Waals surface area (Å²) in [5, 5.41) is -1.04. The zero-order valence-electron chi connectivity index (χ0n) is 9.88. The highest BCUT2D eigenvalue weighted by molar-refractivity contribution is 7.88. The van der Waals surface area contributed by atoms with Gasteiger partial charge in [-0.1, -0.05) is 24.8 Å². The number of ketones is 1. The number of carbonyl (C=O) groups is 2. The standard InChI is InChI=1S/C14H12O3S/c1-3-4-5-10-7-11-12(6-9(10)2)18(17)13(8-15)14(11)16/h3-8,13H,1H2,2H3/b5-4-. The molecule has 1 aliphatic heterocycles. The van der Waals surface area contributed by atoms with Crippen LogP contribution < -0.4 is 0 Å². The summed E-state index contributed by atoms with van der Waals surface area (Å²) in [6.07, 6.45) is 5.70. The average molecular weight is 260 g/mol. The minimum absolute atomic E-state index is 0.355. The Bertz CT molecular complexity index is 599. The first-order chi connectivity index (χ1) is 8.60. The van der Waals surface area contributed by atoms with Crippen LogP contribution in [0.5, 0.6) is 0 Å². The third-order valence-corrected chi connectivity index (χ3v) is 4.43. The molecule has 4 heteroatoms. The van der Waals surface area contributed by atoms with E-state index in [4.69, 9.17) is 0 Å². The second-order valence-electron chi connectivity index (χ2n) is 4.02. The van der Waals surface area contributed by atoms with Crippen LogP contribution in [0.25, 0.3) is 6.08 Å². The molecule has 2 atom stereocenters. The molecule has 0 aliphatic carbocycles. The molecule has 0 radical (unpaired) electrons. The highest BCUT2D eigenvalue weighted by Crippen LogP contribution is 2.30. The van der Waals surface area contributed by atoms with Crippen molar-refractivity contribution in [2.24, 2.45) is 0 Å². The number of Topliss-reactive ketones (excluding diaryl/α,β-unsaturated/α-hetero) is 1. The fourth-order valence-electron chi connectivity index (χ4n) is 1.91. The third kappa shape index (κ3) is 1.88. The molecule has 1 aromatic rings. The summed E-state index contributed by atoms with van der Waals surface area (Å²) in [4.78, 5) is 23.2. The molecule has 1 heterocycles. The highest BCUT2D eigenvalue weighted by Gasteiger charge is 2.37. The van der Waals surface area contributed by atoms with Gasteiger partial charge >= 0.3 is 0 Å². The molecule has 92 valence electrons. The van der Waals surface area contributed by atoms with Gasteiger partial charge in [0.05, 0.1) is 15.7 Å². The first kappa shape index (κ1) is 12.6. The lowest BCUT2D eigenvalue weighted by Crippen LogP contribution is -2.19. The summed E-state index contributed by atoms with van der Waals surface area (Å²) in [6.45, 7) is 5.46. The van der Waals surface area contributed by atoms with Crippen LogP contribution in [0.3, 0.4) is 0 Å². The molecule has 0 amide bonds. The van der Waals surface area contributed by atoms with Gasteiger partial charge in [0.15, 0.2) is 11.0 Å². The molecule has 18 heavy (non-hydrogen) atoms. The molecule has 2 rings (SSSR count). The van der Waals surface area contributed by atoms with Crippen molar-refractivity contribution in [3.8, 4) is 0 Å². The van der Waals surface area contributed by atoms with Gasteiger partial charge in [0.2, 0.25) is 0 Å².